The van der Waals surface area contributed by atoms with Crippen molar-refractivity contribution in [1.82, 2.24) is 4.98 Å². The average Bonchev–Trinajstić information content (AvgIpc) is 3.22. The van der Waals surface area contributed by atoms with Gasteiger partial charge in [0.15, 0.2) is 0 Å². The van der Waals surface area contributed by atoms with E-state index in [0.717, 1.165) is 40.4 Å². The highest BCUT2D eigenvalue weighted by molar-refractivity contribution is 7.21. The van der Waals surface area contributed by atoms with Crippen LogP contribution in [0.15, 0.2) is 93.3 Å². The van der Waals surface area contributed by atoms with Gasteiger partial charge < -0.3 is 4.90 Å². The molecular formula is C23H22N6S. The Hall–Kier alpha value is -3.45. The number of thiazole rings is 1. The third kappa shape index (κ3) is 4.75. The Kier molecular flexibility index (Phi) is 6.20. The Morgan fingerprint density at radius 3 is 1.80 bits per heavy atom. The Morgan fingerprint density at radius 1 is 0.700 bits per heavy atom. The molecule has 0 fully saturated rings. The van der Waals surface area contributed by atoms with Gasteiger partial charge in [-0.25, -0.2) is 4.98 Å². The van der Waals surface area contributed by atoms with Crippen LogP contribution in [0, 0.1) is 0 Å². The molecule has 0 radical (unpaired) electrons. The monoisotopic (exact) mass is 414 g/mol. The number of anilines is 1. The van der Waals surface area contributed by atoms with Crippen molar-refractivity contribution < 1.29 is 0 Å². The van der Waals surface area contributed by atoms with Crippen molar-refractivity contribution >= 4 is 49.4 Å². The fraction of sp³-hybridized carbons (Fsp3) is 0.174. The Bertz CT molecular complexity index is 1130. The Balaban J connectivity index is 1.40. The summed E-state index contributed by atoms with van der Waals surface area (Å²) in [4.78, 5) is 6.75. The van der Waals surface area contributed by atoms with Crippen LogP contribution in [0.2, 0.25) is 0 Å². The SMILES string of the molecule is CCN(CC)c1ccc(N=Nc2ccc(N=Nc3nc4ccccc4s3)cc2)cc1. The molecule has 1 aromatic heterocycles. The van der Waals surface area contributed by atoms with E-state index in [1.807, 2.05) is 60.7 Å². The van der Waals surface area contributed by atoms with E-state index in [-0.39, 0.29) is 0 Å². The molecule has 4 aromatic rings. The van der Waals surface area contributed by atoms with E-state index in [0.29, 0.717) is 5.13 Å². The van der Waals surface area contributed by atoms with Crippen LogP contribution < -0.4 is 4.90 Å². The second-order valence-corrected chi connectivity index (χ2v) is 7.58. The van der Waals surface area contributed by atoms with Crippen LogP contribution in [0.5, 0.6) is 0 Å². The van der Waals surface area contributed by atoms with E-state index in [1.165, 1.54) is 17.0 Å². The number of hydrogen-bond donors (Lipinski definition) is 0. The van der Waals surface area contributed by atoms with Crippen molar-refractivity contribution in [1.29, 1.82) is 0 Å². The van der Waals surface area contributed by atoms with Crippen molar-refractivity contribution in [3.8, 4) is 0 Å². The van der Waals surface area contributed by atoms with Crippen molar-refractivity contribution in [2.45, 2.75) is 13.8 Å². The standard InChI is InChI=1S/C23H22N6S/c1-3-29(4-2)20-15-13-19(14-16-20)26-25-17-9-11-18(12-10-17)27-28-23-24-21-7-5-6-8-22(21)30-23/h5-16H,3-4H2,1-2H3. The van der Waals surface area contributed by atoms with Gasteiger partial charge in [0.05, 0.1) is 27.3 Å². The van der Waals surface area contributed by atoms with Gasteiger partial charge in [0.1, 0.15) is 0 Å². The molecule has 30 heavy (non-hydrogen) atoms. The van der Waals surface area contributed by atoms with E-state index in [4.69, 9.17) is 0 Å². The lowest BCUT2D eigenvalue weighted by Crippen LogP contribution is -2.21. The lowest BCUT2D eigenvalue weighted by molar-refractivity contribution is 0.866. The van der Waals surface area contributed by atoms with Gasteiger partial charge in [0.25, 0.3) is 0 Å². The maximum atomic E-state index is 4.46. The van der Waals surface area contributed by atoms with Crippen LogP contribution in [0.25, 0.3) is 10.2 Å². The summed E-state index contributed by atoms with van der Waals surface area (Å²) in [5, 5.41) is 17.8. The van der Waals surface area contributed by atoms with Crippen molar-refractivity contribution in [3.05, 3.63) is 72.8 Å². The first-order valence-corrected chi connectivity index (χ1v) is 10.7. The molecule has 0 aliphatic rings. The maximum Gasteiger partial charge on any atom is 0.231 e. The number of hydrogen-bond acceptors (Lipinski definition) is 7. The van der Waals surface area contributed by atoms with Crippen LogP contribution in [-0.4, -0.2) is 18.1 Å². The summed E-state index contributed by atoms with van der Waals surface area (Å²) in [5.41, 5.74) is 4.48. The number of fused-ring (bicyclic) bond motifs is 1. The second kappa shape index (κ2) is 9.37. The molecule has 0 aliphatic carbocycles. The predicted molar refractivity (Wildman–Crippen MR) is 124 cm³/mol. The first-order valence-electron chi connectivity index (χ1n) is 9.89. The van der Waals surface area contributed by atoms with Crippen LogP contribution in [-0.2, 0) is 0 Å². The third-order valence-electron chi connectivity index (χ3n) is 4.64. The summed E-state index contributed by atoms with van der Waals surface area (Å²) in [6, 6.07) is 23.6. The van der Waals surface area contributed by atoms with Gasteiger partial charge in [-0.2, -0.15) is 10.2 Å². The maximum absolute atomic E-state index is 4.46. The second-order valence-electron chi connectivity index (χ2n) is 6.57. The summed E-state index contributed by atoms with van der Waals surface area (Å²) >= 11 is 1.52. The molecule has 150 valence electrons. The zero-order valence-corrected chi connectivity index (χ0v) is 17.8. The zero-order chi connectivity index (χ0) is 20.8. The lowest BCUT2D eigenvalue weighted by Gasteiger charge is -2.20. The van der Waals surface area contributed by atoms with Gasteiger partial charge in [-0.15, -0.1) is 10.2 Å². The molecule has 0 N–H and O–H groups in total. The van der Waals surface area contributed by atoms with Gasteiger partial charge in [-0.05, 0) is 74.5 Å². The minimum atomic E-state index is 0.646. The van der Waals surface area contributed by atoms with Gasteiger partial charge in [-0.1, -0.05) is 23.5 Å². The van der Waals surface area contributed by atoms with Crippen LogP contribution in [0.1, 0.15) is 13.8 Å². The fourth-order valence-corrected chi connectivity index (χ4v) is 3.81. The van der Waals surface area contributed by atoms with Crippen LogP contribution in [0.4, 0.5) is 27.9 Å². The molecule has 0 amide bonds. The summed E-state index contributed by atoms with van der Waals surface area (Å²) in [6.07, 6.45) is 0. The number of benzene rings is 3. The summed E-state index contributed by atoms with van der Waals surface area (Å²) in [5.74, 6) is 0. The topological polar surface area (TPSA) is 65.6 Å². The van der Waals surface area contributed by atoms with Crippen molar-refractivity contribution in [2.24, 2.45) is 20.5 Å². The molecule has 1 heterocycles. The molecule has 0 aliphatic heterocycles. The molecule has 3 aromatic carbocycles. The largest absolute Gasteiger partial charge is 0.372 e. The van der Waals surface area contributed by atoms with Gasteiger partial charge in [-0.3, -0.25) is 0 Å². The number of para-hydroxylation sites is 1. The fourth-order valence-electron chi connectivity index (χ4n) is 3.02. The highest BCUT2D eigenvalue weighted by atomic mass is 32.1. The Morgan fingerprint density at radius 2 is 1.23 bits per heavy atom. The molecule has 0 spiro atoms. The quantitative estimate of drug-likeness (QED) is 0.288. The number of nitrogens with zero attached hydrogens (tertiary/aromatic N) is 6. The number of aromatic nitrogens is 1. The highest BCUT2D eigenvalue weighted by Gasteiger charge is 2.02. The van der Waals surface area contributed by atoms with Crippen LogP contribution >= 0.6 is 11.3 Å². The highest BCUT2D eigenvalue weighted by Crippen LogP contribution is 2.29. The zero-order valence-electron chi connectivity index (χ0n) is 16.9. The van der Waals surface area contributed by atoms with E-state index >= 15 is 0 Å². The molecule has 0 saturated carbocycles. The summed E-state index contributed by atoms with van der Waals surface area (Å²) in [6.45, 7) is 6.28. The number of rotatable bonds is 7. The first-order chi connectivity index (χ1) is 14.7. The molecular weight excluding hydrogens is 392 g/mol. The van der Waals surface area contributed by atoms with Gasteiger partial charge in [0, 0.05) is 18.8 Å². The van der Waals surface area contributed by atoms with E-state index in [1.54, 1.807) is 0 Å². The molecule has 0 atom stereocenters. The average molecular weight is 415 g/mol. The van der Waals surface area contributed by atoms with Gasteiger partial charge >= 0.3 is 0 Å². The summed E-state index contributed by atoms with van der Waals surface area (Å²) < 4.78 is 1.10. The van der Waals surface area contributed by atoms with Crippen molar-refractivity contribution in [2.75, 3.05) is 18.0 Å². The molecule has 0 unspecified atom stereocenters. The minimum Gasteiger partial charge on any atom is -0.372 e. The molecule has 7 heteroatoms. The lowest BCUT2D eigenvalue weighted by atomic mass is 10.2. The third-order valence-corrected chi connectivity index (χ3v) is 5.56. The molecule has 4 rings (SSSR count). The first kappa shape index (κ1) is 19.8. The molecule has 0 bridgehead atoms. The van der Waals surface area contributed by atoms with E-state index < -0.39 is 0 Å². The van der Waals surface area contributed by atoms with Gasteiger partial charge in [0.2, 0.25) is 5.13 Å². The van der Waals surface area contributed by atoms with E-state index in [2.05, 4.69) is 56.3 Å². The normalized spacial score (nSPS) is 11.7. The molecule has 6 nitrogen and oxygen atoms in total. The minimum absolute atomic E-state index is 0.646. The smallest absolute Gasteiger partial charge is 0.231 e. The van der Waals surface area contributed by atoms with Crippen LogP contribution in [0.3, 0.4) is 0 Å². The van der Waals surface area contributed by atoms with Crippen molar-refractivity contribution in [3.63, 3.8) is 0 Å². The molecule has 0 saturated heterocycles. The number of azo groups is 2. The predicted octanol–water partition coefficient (Wildman–Crippen LogP) is 7.97. The van der Waals surface area contributed by atoms with E-state index in [9.17, 15) is 0 Å². The summed E-state index contributed by atoms with van der Waals surface area (Å²) in [7, 11) is 0. The Labute approximate surface area is 179 Å².